The minimum atomic E-state index is -2.63. The van der Waals surface area contributed by atoms with Crippen molar-refractivity contribution >= 4 is 18.7 Å². The van der Waals surface area contributed by atoms with Gasteiger partial charge < -0.3 is 14.8 Å². The van der Waals surface area contributed by atoms with Crippen molar-refractivity contribution in [2.75, 3.05) is 6.61 Å². The highest BCUT2D eigenvalue weighted by Gasteiger charge is 2.50. The van der Waals surface area contributed by atoms with Gasteiger partial charge in [0.2, 0.25) is 0 Å². The van der Waals surface area contributed by atoms with E-state index in [-0.39, 0.29) is 17.7 Å². The van der Waals surface area contributed by atoms with Gasteiger partial charge in [0, 0.05) is 12.6 Å². The molecule has 2 atom stereocenters. The van der Waals surface area contributed by atoms with Gasteiger partial charge in [-0.25, -0.2) is 0 Å². The SMILES string of the molecule is CC(NCc1ccccc1)C(O)CO[Si](c1ccccc1)(c1ccccc1)C(C)(C)C. The zero-order valence-electron chi connectivity index (χ0n) is 19.1. The summed E-state index contributed by atoms with van der Waals surface area (Å²) in [7, 11) is -2.63. The van der Waals surface area contributed by atoms with E-state index in [1.807, 2.05) is 37.3 Å². The number of hydrogen-bond acceptors (Lipinski definition) is 3. The monoisotopic (exact) mass is 433 g/mol. The minimum absolute atomic E-state index is 0.0848. The summed E-state index contributed by atoms with van der Waals surface area (Å²) >= 11 is 0. The van der Waals surface area contributed by atoms with Gasteiger partial charge in [0.1, 0.15) is 0 Å². The summed E-state index contributed by atoms with van der Waals surface area (Å²) in [5, 5.41) is 16.7. The first-order valence-corrected chi connectivity index (χ1v) is 13.0. The molecule has 0 saturated carbocycles. The van der Waals surface area contributed by atoms with Crippen LogP contribution >= 0.6 is 0 Å². The fourth-order valence-corrected chi connectivity index (χ4v) is 8.70. The number of hydrogen-bond donors (Lipinski definition) is 2. The summed E-state index contributed by atoms with van der Waals surface area (Å²) in [6.07, 6.45) is -0.606. The van der Waals surface area contributed by atoms with E-state index >= 15 is 0 Å². The van der Waals surface area contributed by atoms with Gasteiger partial charge >= 0.3 is 0 Å². The molecule has 4 heteroatoms. The van der Waals surface area contributed by atoms with Crippen LogP contribution in [0.5, 0.6) is 0 Å². The van der Waals surface area contributed by atoms with Crippen LogP contribution in [0.15, 0.2) is 91.0 Å². The molecular weight excluding hydrogens is 398 g/mol. The molecule has 0 saturated heterocycles. The number of nitrogens with one attached hydrogen (secondary N) is 1. The van der Waals surface area contributed by atoms with Crippen molar-refractivity contribution in [3.05, 3.63) is 96.6 Å². The van der Waals surface area contributed by atoms with E-state index < -0.39 is 14.4 Å². The highest BCUT2D eigenvalue weighted by molar-refractivity contribution is 6.99. The van der Waals surface area contributed by atoms with Crippen LogP contribution in [0.1, 0.15) is 33.3 Å². The number of aliphatic hydroxyl groups is 1. The molecule has 164 valence electrons. The smallest absolute Gasteiger partial charge is 0.261 e. The van der Waals surface area contributed by atoms with Crippen LogP contribution in [0.4, 0.5) is 0 Å². The molecule has 0 spiro atoms. The quantitative estimate of drug-likeness (QED) is 0.499. The van der Waals surface area contributed by atoms with Crippen molar-refractivity contribution < 1.29 is 9.53 Å². The third kappa shape index (κ3) is 5.52. The number of aliphatic hydroxyl groups excluding tert-OH is 1. The molecule has 2 unspecified atom stereocenters. The molecule has 0 aliphatic rings. The van der Waals surface area contributed by atoms with Crippen LogP contribution in [-0.4, -0.2) is 32.2 Å². The van der Waals surface area contributed by atoms with E-state index in [1.54, 1.807) is 0 Å². The van der Waals surface area contributed by atoms with Crippen LogP contribution in [0.2, 0.25) is 5.04 Å². The van der Waals surface area contributed by atoms with E-state index in [0.717, 1.165) is 6.54 Å². The average Bonchev–Trinajstić information content (AvgIpc) is 2.79. The Kier molecular flexibility index (Phi) is 7.84. The molecule has 3 aromatic carbocycles. The van der Waals surface area contributed by atoms with Gasteiger partial charge in [-0.3, -0.25) is 0 Å². The molecule has 31 heavy (non-hydrogen) atoms. The zero-order valence-corrected chi connectivity index (χ0v) is 20.1. The topological polar surface area (TPSA) is 41.5 Å². The molecule has 0 aliphatic heterocycles. The lowest BCUT2D eigenvalue weighted by atomic mass is 10.1. The molecule has 0 fully saturated rings. The van der Waals surface area contributed by atoms with E-state index in [9.17, 15) is 5.11 Å². The van der Waals surface area contributed by atoms with E-state index in [4.69, 9.17) is 4.43 Å². The third-order valence-electron chi connectivity index (χ3n) is 5.94. The normalized spacial score (nSPS) is 14.2. The molecule has 3 nitrogen and oxygen atoms in total. The molecule has 0 aliphatic carbocycles. The first-order valence-electron chi connectivity index (χ1n) is 11.0. The summed E-state index contributed by atoms with van der Waals surface area (Å²) in [5.74, 6) is 0. The maximum absolute atomic E-state index is 11.0. The van der Waals surface area contributed by atoms with Crippen LogP contribution < -0.4 is 15.7 Å². The van der Waals surface area contributed by atoms with Crippen LogP contribution in [0.25, 0.3) is 0 Å². The predicted molar refractivity (Wildman–Crippen MR) is 132 cm³/mol. The Morgan fingerprint density at radius 2 is 1.26 bits per heavy atom. The number of rotatable bonds is 9. The fourth-order valence-electron chi connectivity index (χ4n) is 4.13. The average molecular weight is 434 g/mol. The molecule has 0 aromatic heterocycles. The summed E-state index contributed by atoms with van der Waals surface area (Å²) in [4.78, 5) is 0. The summed E-state index contributed by atoms with van der Waals surface area (Å²) in [6, 6.07) is 31.3. The highest BCUT2D eigenvalue weighted by atomic mass is 28.4. The molecule has 0 radical (unpaired) electrons. The van der Waals surface area contributed by atoms with Gasteiger partial charge in [0.05, 0.1) is 12.7 Å². The lowest BCUT2D eigenvalue weighted by molar-refractivity contribution is 0.0738. The van der Waals surface area contributed by atoms with Crippen molar-refractivity contribution in [1.82, 2.24) is 5.32 Å². The van der Waals surface area contributed by atoms with E-state index in [1.165, 1.54) is 15.9 Å². The lowest BCUT2D eigenvalue weighted by Gasteiger charge is -2.43. The second-order valence-electron chi connectivity index (χ2n) is 9.20. The predicted octanol–water partition coefficient (Wildman–Crippen LogP) is 4.10. The van der Waals surface area contributed by atoms with E-state index in [0.29, 0.717) is 0 Å². The van der Waals surface area contributed by atoms with Crippen molar-refractivity contribution in [3.63, 3.8) is 0 Å². The van der Waals surface area contributed by atoms with Crippen molar-refractivity contribution in [2.45, 2.75) is 51.4 Å². The maximum Gasteiger partial charge on any atom is 0.261 e. The fraction of sp³-hybridized carbons (Fsp3) is 0.333. The standard InChI is InChI=1S/C27H35NO2Si/c1-22(28-20-23-14-8-5-9-15-23)26(29)21-30-31(27(2,3)4,24-16-10-6-11-17-24)25-18-12-7-13-19-25/h5-19,22,26,28-29H,20-21H2,1-4H3. The molecule has 2 N–H and O–H groups in total. The molecular formula is C27H35NO2Si. The maximum atomic E-state index is 11.0. The summed E-state index contributed by atoms with van der Waals surface area (Å²) in [6.45, 7) is 9.78. The summed E-state index contributed by atoms with van der Waals surface area (Å²) in [5.41, 5.74) is 1.20. The Hall–Kier alpha value is -2.24. The highest BCUT2D eigenvalue weighted by Crippen LogP contribution is 2.36. The van der Waals surface area contributed by atoms with Crippen molar-refractivity contribution in [1.29, 1.82) is 0 Å². The van der Waals surface area contributed by atoms with Crippen LogP contribution in [-0.2, 0) is 11.0 Å². The second kappa shape index (κ2) is 10.4. The Morgan fingerprint density at radius 1 is 0.806 bits per heavy atom. The molecule has 0 bridgehead atoms. The largest absolute Gasteiger partial charge is 0.405 e. The second-order valence-corrected chi connectivity index (χ2v) is 13.5. The zero-order chi connectivity index (χ0) is 22.3. The van der Waals surface area contributed by atoms with E-state index in [2.05, 4.69) is 86.8 Å². The van der Waals surface area contributed by atoms with Crippen molar-refractivity contribution in [2.24, 2.45) is 0 Å². The number of benzene rings is 3. The molecule has 3 aromatic rings. The van der Waals surface area contributed by atoms with Crippen LogP contribution in [0.3, 0.4) is 0 Å². The first kappa shape index (κ1) is 23.4. The third-order valence-corrected chi connectivity index (χ3v) is 10.9. The Bertz CT molecular complexity index is 871. The first-order chi connectivity index (χ1) is 14.8. The minimum Gasteiger partial charge on any atom is -0.405 e. The van der Waals surface area contributed by atoms with Gasteiger partial charge in [0.25, 0.3) is 8.32 Å². The lowest BCUT2D eigenvalue weighted by Crippen LogP contribution is -2.67. The Balaban J connectivity index is 1.82. The van der Waals surface area contributed by atoms with Gasteiger partial charge in [-0.1, -0.05) is 112 Å². The van der Waals surface area contributed by atoms with Crippen molar-refractivity contribution in [3.8, 4) is 0 Å². The van der Waals surface area contributed by atoms with Gasteiger partial charge in [-0.05, 0) is 27.9 Å². The molecule has 0 amide bonds. The van der Waals surface area contributed by atoms with Crippen LogP contribution in [0, 0.1) is 0 Å². The van der Waals surface area contributed by atoms with Gasteiger partial charge in [0.15, 0.2) is 0 Å². The summed E-state index contributed by atoms with van der Waals surface area (Å²) < 4.78 is 6.85. The van der Waals surface area contributed by atoms with Gasteiger partial charge in [-0.2, -0.15) is 0 Å². The molecule has 0 heterocycles. The van der Waals surface area contributed by atoms with Gasteiger partial charge in [-0.15, -0.1) is 0 Å². The Morgan fingerprint density at radius 3 is 1.71 bits per heavy atom. The molecule has 3 rings (SSSR count). The Labute approximate surface area is 188 Å².